The van der Waals surface area contributed by atoms with Gasteiger partial charge in [-0.05, 0) is 32.0 Å². The molecule has 0 saturated heterocycles. The molecule has 0 fully saturated rings. The minimum atomic E-state index is -3.99. The van der Waals surface area contributed by atoms with Crippen molar-refractivity contribution in [3.05, 3.63) is 60.2 Å². The molecule has 3 aromatic heterocycles. The number of rotatable bonds is 10. The zero-order valence-corrected chi connectivity index (χ0v) is 22.7. The highest BCUT2D eigenvalue weighted by Gasteiger charge is 2.32. The molecular weight excluding hydrogens is 510 g/mol. The molecule has 1 aromatic carbocycles. The summed E-state index contributed by atoms with van der Waals surface area (Å²) in [6.07, 6.45) is 3.19. The van der Waals surface area contributed by atoms with E-state index in [9.17, 15) is 8.42 Å². The maximum atomic E-state index is 13.6. The molecule has 4 aromatic rings. The molecule has 38 heavy (non-hydrogen) atoms. The summed E-state index contributed by atoms with van der Waals surface area (Å²) < 4.78 is 47.7. The lowest BCUT2D eigenvalue weighted by Crippen LogP contribution is -2.31. The van der Waals surface area contributed by atoms with Gasteiger partial charge in [0.15, 0.2) is 5.82 Å². The molecule has 0 aliphatic heterocycles. The van der Waals surface area contributed by atoms with Crippen molar-refractivity contribution < 1.29 is 22.6 Å². The van der Waals surface area contributed by atoms with Crippen LogP contribution in [0.3, 0.4) is 0 Å². The van der Waals surface area contributed by atoms with Crippen LogP contribution < -0.4 is 18.9 Å². The number of aryl methyl sites for hydroxylation is 1. The maximum Gasteiger partial charge on any atom is 0.243 e. The Hall–Kier alpha value is -4.26. The summed E-state index contributed by atoms with van der Waals surface area (Å²) >= 11 is 0. The average molecular weight is 540 g/mol. The monoisotopic (exact) mass is 539 g/mol. The van der Waals surface area contributed by atoms with Crippen LogP contribution in [0.15, 0.2) is 48.8 Å². The van der Waals surface area contributed by atoms with Gasteiger partial charge in [-0.25, -0.2) is 13.4 Å². The zero-order valence-electron chi connectivity index (χ0n) is 21.9. The second-order valence-corrected chi connectivity index (χ2v) is 10.5. The Balaban J connectivity index is 1.84. The molecule has 0 aliphatic rings. The highest BCUT2D eigenvalue weighted by Crippen LogP contribution is 2.38. The van der Waals surface area contributed by atoms with Crippen LogP contribution in [0.5, 0.6) is 17.4 Å². The van der Waals surface area contributed by atoms with Crippen molar-refractivity contribution in [1.29, 1.82) is 0 Å². The molecule has 2 atom stereocenters. The summed E-state index contributed by atoms with van der Waals surface area (Å²) in [7, 11) is 0.515. The SMILES string of the molecule is COc1cccc(-c2nnc(NS(=O)(=O)C(C)C(C)c3cnc(C)cn3)n2-c2c(OC)cccc2OC)n1. The molecular formula is C25H29N7O5S. The third-order valence-corrected chi connectivity index (χ3v) is 8.00. The number of nitrogens with zero attached hydrogens (tertiary/aromatic N) is 6. The van der Waals surface area contributed by atoms with Gasteiger partial charge in [0, 0.05) is 24.4 Å². The third-order valence-electron chi connectivity index (χ3n) is 6.14. The Bertz CT molecular complexity index is 1500. The molecule has 0 spiro atoms. The number of hydrogen-bond acceptors (Lipinski definition) is 10. The van der Waals surface area contributed by atoms with E-state index in [2.05, 4.69) is 29.9 Å². The highest BCUT2D eigenvalue weighted by molar-refractivity contribution is 7.93. The number of anilines is 1. The predicted octanol–water partition coefficient (Wildman–Crippen LogP) is 3.39. The quantitative estimate of drug-likeness (QED) is 0.318. The second kappa shape index (κ2) is 11.0. The van der Waals surface area contributed by atoms with Gasteiger partial charge in [0.1, 0.15) is 22.9 Å². The van der Waals surface area contributed by atoms with Crippen molar-refractivity contribution in [2.24, 2.45) is 0 Å². The first-order valence-electron chi connectivity index (χ1n) is 11.7. The standard InChI is InChI=1S/C25H29N7O5S/c1-15-13-27-19(14-26-15)16(2)17(3)38(33,34)31-25-30-29-24(18-9-7-12-22(28-18)37-6)32(25)23-20(35-4)10-8-11-21(23)36-5/h7-14,16-17H,1-6H3,(H,30,31). The fourth-order valence-corrected chi connectivity index (χ4v) is 5.05. The largest absolute Gasteiger partial charge is 0.494 e. The van der Waals surface area contributed by atoms with Gasteiger partial charge in [-0.15, -0.1) is 10.2 Å². The number of methoxy groups -OCH3 is 3. The number of aromatic nitrogens is 6. The molecule has 4 rings (SSSR count). The average Bonchev–Trinajstić information content (AvgIpc) is 3.34. The molecule has 200 valence electrons. The van der Waals surface area contributed by atoms with Crippen LogP contribution in [0.2, 0.25) is 0 Å². The van der Waals surface area contributed by atoms with Gasteiger partial charge in [0.2, 0.25) is 21.9 Å². The van der Waals surface area contributed by atoms with Gasteiger partial charge < -0.3 is 14.2 Å². The van der Waals surface area contributed by atoms with Crippen molar-refractivity contribution in [2.45, 2.75) is 31.9 Å². The number of sulfonamides is 1. The molecule has 0 aliphatic carbocycles. The minimum absolute atomic E-state index is 0.0681. The van der Waals surface area contributed by atoms with Crippen molar-refractivity contribution in [3.8, 4) is 34.6 Å². The minimum Gasteiger partial charge on any atom is -0.494 e. The van der Waals surface area contributed by atoms with Gasteiger partial charge >= 0.3 is 0 Å². The number of ether oxygens (including phenoxy) is 3. The Kier molecular flexibility index (Phi) is 7.76. The number of para-hydroxylation sites is 1. The van der Waals surface area contributed by atoms with Crippen molar-refractivity contribution in [2.75, 3.05) is 26.1 Å². The molecule has 0 bridgehead atoms. The van der Waals surface area contributed by atoms with E-state index in [0.29, 0.717) is 34.5 Å². The lowest BCUT2D eigenvalue weighted by atomic mass is 10.1. The summed E-state index contributed by atoms with van der Waals surface area (Å²) in [4.78, 5) is 13.1. The normalized spacial score (nSPS) is 13.0. The van der Waals surface area contributed by atoms with Gasteiger partial charge in [0.05, 0.1) is 38.0 Å². The Morgan fingerprint density at radius 3 is 2.18 bits per heavy atom. The fourth-order valence-electron chi connectivity index (χ4n) is 3.80. The second-order valence-electron chi connectivity index (χ2n) is 8.48. The van der Waals surface area contributed by atoms with Crippen LogP contribution in [0.25, 0.3) is 17.2 Å². The van der Waals surface area contributed by atoms with Crippen LogP contribution in [-0.2, 0) is 10.0 Å². The molecule has 13 heteroatoms. The first kappa shape index (κ1) is 26.8. The number of pyridine rings is 1. The first-order chi connectivity index (χ1) is 18.2. The van der Waals surface area contributed by atoms with Crippen molar-refractivity contribution in [1.82, 2.24) is 29.7 Å². The van der Waals surface area contributed by atoms with E-state index in [1.54, 1.807) is 62.6 Å². The van der Waals surface area contributed by atoms with E-state index >= 15 is 0 Å². The molecule has 3 heterocycles. The molecule has 0 amide bonds. The summed E-state index contributed by atoms with van der Waals surface area (Å²) in [5.74, 6) is 0.885. The number of hydrogen-bond donors (Lipinski definition) is 1. The summed E-state index contributed by atoms with van der Waals surface area (Å²) in [5, 5.41) is 7.58. The van der Waals surface area contributed by atoms with E-state index in [-0.39, 0.29) is 11.8 Å². The Morgan fingerprint density at radius 1 is 0.895 bits per heavy atom. The summed E-state index contributed by atoms with van der Waals surface area (Å²) in [5.41, 5.74) is 2.09. The van der Waals surface area contributed by atoms with Crippen LogP contribution in [0.4, 0.5) is 5.95 Å². The summed E-state index contributed by atoms with van der Waals surface area (Å²) in [6, 6.07) is 10.3. The van der Waals surface area contributed by atoms with E-state index in [0.717, 1.165) is 5.69 Å². The molecule has 1 N–H and O–H groups in total. The topological polar surface area (TPSA) is 143 Å². The van der Waals surface area contributed by atoms with Crippen LogP contribution in [0, 0.1) is 6.92 Å². The third kappa shape index (κ3) is 5.23. The Labute approximate surface area is 221 Å². The molecule has 2 unspecified atom stereocenters. The van der Waals surface area contributed by atoms with E-state index in [4.69, 9.17) is 14.2 Å². The maximum absolute atomic E-state index is 13.6. The van der Waals surface area contributed by atoms with E-state index in [1.807, 2.05) is 6.92 Å². The van der Waals surface area contributed by atoms with Gasteiger partial charge in [-0.1, -0.05) is 19.1 Å². The summed E-state index contributed by atoms with van der Waals surface area (Å²) in [6.45, 7) is 5.20. The number of benzene rings is 1. The molecule has 0 saturated carbocycles. The van der Waals surface area contributed by atoms with Crippen molar-refractivity contribution >= 4 is 16.0 Å². The van der Waals surface area contributed by atoms with Gasteiger partial charge in [-0.2, -0.15) is 0 Å². The molecule has 12 nitrogen and oxygen atoms in total. The van der Waals surface area contributed by atoms with E-state index in [1.165, 1.54) is 25.9 Å². The van der Waals surface area contributed by atoms with Crippen molar-refractivity contribution in [3.63, 3.8) is 0 Å². The zero-order chi connectivity index (χ0) is 27.4. The molecule has 0 radical (unpaired) electrons. The predicted molar refractivity (Wildman–Crippen MR) is 141 cm³/mol. The van der Waals surface area contributed by atoms with Crippen LogP contribution >= 0.6 is 0 Å². The Morgan fingerprint density at radius 2 is 1.58 bits per heavy atom. The van der Waals surface area contributed by atoms with Crippen LogP contribution in [0.1, 0.15) is 31.2 Å². The van der Waals surface area contributed by atoms with Gasteiger partial charge in [0.25, 0.3) is 0 Å². The lowest BCUT2D eigenvalue weighted by Gasteiger charge is -2.21. The first-order valence-corrected chi connectivity index (χ1v) is 13.2. The number of nitrogens with one attached hydrogen (secondary N) is 1. The fraction of sp³-hybridized carbons (Fsp3) is 0.320. The van der Waals surface area contributed by atoms with Crippen LogP contribution in [-0.4, -0.2) is 64.7 Å². The lowest BCUT2D eigenvalue weighted by molar-refractivity contribution is 0.391. The smallest absolute Gasteiger partial charge is 0.243 e. The van der Waals surface area contributed by atoms with E-state index < -0.39 is 21.2 Å². The van der Waals surface area contributed by atoms with Gasteiger partial charge in [-0.3, -0.25) is 19.3 Å². The highest BCUT2D eigenvalue weighted by atomic mass is 32.2.